The van der Waals surface area contributed by atoms with Crippen molar-refractivity contribution < 1.29 is 13.9 Å². The zero-order valence-electron chi connectivity index (χ0n) is 11.1. The molecule has 0 bridgehead atoms. The molecule has 1 N–H and O–H groups in total. The number of ether oxygens (including phenoxy) is 1. The molecule has 0 fully saturated rings. The van der Waals surface area contributed by atoms with Gasteiger partial charge in [-0.2, -0.15) is 0 Å². The minimum Gasteiger partial charge on any atom is -0.431 e. The maximum atomic E-state index is 13.1. The number of fused-ring (bicyclic) bond motifs is 1. The number of carbonyl (C=O) groups is 1. The van der Waals surface area contributed by atoms with Gasteiger partial charge in [0.25, 0.3) is 5.19 Å². The number of benzene rings is 2. The summed E-state index contributed by atoms with van der Waals surface area (Å²) in [6.07, 6.45) is 0. The van der Waals surface area contributed by atoms with Crippen LogP contribution in [0.3, 0.4) is 0 Å². The van der Waals surface area contributed by atoms with E-state index in [0.717, 1.165) is 4.70 Å². The van der Waals surface area contributed by atoms with Crippen molar-refractivity contribution in [3.05, 3.63) is 48.3 Å². The van der Waals surface area contributed by atoms with Crippen LogP contribution in [0.15, 0.2) is 42.5 Å². The molecular formula is C15H11FN2O2S. The van der Waals surface area contributed by atoms with Gasteiger partial charge in [0.2, 0.25) is 5.91 Å². The first-order chi connectivity index (χ1) is 10.1. The van der Waals surface area contributed by atoms with Crippen LogP contribution in [0.1, 0.15) is 6.92 Å². The molecule has 0 aliphatic rings. The average molecular weight is 302 g/mol. The lowest BCUT2D eigenvalue weighted by molar-refractivity contribution is -0.114. The second-order valence-electron chi connectivity index (χ2n) is 4.40. The van der Waals surface area contributed by atoms with Crippen LogP contribution in [0, 0.1) is 5.82 Å². The van der Waals surface area contributed by atoms with Crippen molar-refractivity contribution in [2.75, 3.05) is 5.32 Å². The van der Waals surface area contributed by atoms with Crippen LogP contribution in [0.4, 0.5) is 10.1 Å². The zero-order chi connectivity index (χ0) is 14.8. The van der Waals surface area contributed by atoms with Gasteiger partial charge in [-0.25, -0.2) is 9.37 Å². The highest BCUT2D eigenvalue weighted by Crippen LogP contribution is 2.31. The Morgan fingerprint density at radius 2 is 2.00 bits per heavy atom. The van der Waals surface area contributed by atoms with E-state index in [1.54, 1.807) is 30.3 Å². The van der Waals surface area contributed by atoms with Crippen LogP contribution in [0.25, 0.3) is 10.2 Å². The number of carbonyl (C=O) groups excluding carboxylic acids is 1. The smallest absolute Gasteiger partial charge is 0.279 e. The summed E-state index contributed by atoms with van der Waals surface area (Å²) < 4.78 is 19.5. The van der Waals surface area contributed by atoms with Gasteiger partial charge in [-0.1, -0.05) is 11.3 Å². The summed E-state index contributed by atoms with van der Waals surface area (Å²) in [6.45, 7) is 1.45. The molecular weight excluding hydrogens is 291 g/mol. The standard InChI is InChI=1S/C15H11FN2O2S/c1-9(19)17-11-3-5-12(6-4-11)20-15-18-13-7-2-10(16)8-14(13)21-15/h2-8H,1H3,(H,17,19). The van der Waals surface area contributed by atoms with Crippen LogP contribution >= 0.6 is 11.3 Å². The third kappa shape index (κ3) is 3.17. The topological polar surface area (TPSA) is 51.2 Å². The Morgan fingerprint density at radius 1 is 1.24 bits per heavy atom. The first-order valence-corrected chi connectivity index (χ1v) is 7.03. The molecule has 0 saturated carbocycles. The van der Waals surface area contributed by atoms with Gasteiger partial charge < -0.3 is 10.1 Å². The third-order valence-electron chi connectivity index (χ3n) is 2.71. The highest BCUT2D eigenvalue weighted by Gasteiger charge is 2.07. The maximum Gasteiger partial charge on any atom is 0.279 e. The molecule has 1 amide bonds. The Labute approximate surface area is 124 Å². The van der Waals surface area contributed by atoms with E-state index in [1.165, 1.54) is 30.4 Å². The molecule has 0 unspecified atom stereocenters. The van der Waals surface area contributed by atoms with Crippen molar-refractivity contribution in [3.63, 3.8) is 0 Å². The molecule has 0 saturated heterocycles. The zero-order valence-corrected chi connectivity index (χ0v) is 11.9. The number of amides is 1. The summed E-state index contributed by atoms with van der Waals surface area (Å²) in [6, 6.07) is 11.4. The largest absolute Gasteiger partial charge is 0.431 e. The van der Waals surface area contributed by atoms with Crippen molar-refractivity contribution in [1.82, 2.24) is 4.98 Å². The molecule has 0 radical (unpaired) electrons. The molecule has 6 heteroatoms. The number of rotatable bonds is 3. The third-order valence-corrected chi connectivity index (χ3v) is 3.61. The molecule has 4 nitrogen and oxygen atoms in total. The average Bonchev–Trinajstić information content (AvgIpc) is 2.82. The van der Waals surface area contributed by atoms with Crippen LogP contribution < -0.4 is 10.1 Å². The van der Waals surface area contributed by atoms with Gasteiger partial charge in [0.1, 0.15) is 11.6 Å². The Morgan fingerprint density at radius 3 is 2.71 bits per heavy atom. The molecule has 1 aromatic heterocycles. The molecule has 0 spiro atoms. The summed E-state index contributed by atoms with van der Waals surface area (Å²) in [5.74, 6) is 0.179. The number of aromatic nitrogens is 1. The Bertz CT molecular complexity index is 799. The summed E-state index contributed by atoms with van der Waals surface area (Å²) in [5, 5.41) is 3.12. The summed E-state index contributed by atoms with van der Waals surface area (Å²) in [5.41, 5.74) is 1.40. The van der Waals surface area contributed by atoms with Crippen LogP contribution in [0.2, 0.25) is 0 Å². The van der Waals surface area contributed by atoms with E-state index >= 15 is 0 Å². The fraction of sp³-hybridized carbons (Fsp3) is 0.0667. The minimum atomic E-state index is -0.294. The number of nitrogens with one attached hydrogen (secondary N) is 1. The second kappa shape index (κ2) is 5.49. The van der Waals surface area contributed by atoms with E-state index in [1.807, 2.05) is 0 Å². The van der Waals surface area contributed by atoms with Gasteiger partial charge in [-0.3, -0.25) is 4.79 Å². The minimum absolute atomic E-state index is 0.128. The fourth-order valence-electron chi connectivity index (χ4n) is 1.83. The highest BCUT2D eigenvalue weighted by atomic mass is 32.1. The second-order valence-corrected chi connectivity index (χ2v) is 5.39. The van der Waals surface area contributed by atoms with Gasteiger partial charge in [-0.15, -0.1) is 0 Å². The molecule has 2 aromatic carbocycles. The normalized spacial score (nSPS) is 10.6. The molecule has 3 rings (SSSR count). The molecule has 0 aliphatic heterocycles. The number of anilines is 1. The summed E-state index contributed by atoms with van der Waals surface area (Å²) >= 11 is 1.28. The summed E-state index contributed by atoms with van der Waals surface area (Å²) in [4.78, 5) is 15.2. The maximum absolute atomic E-state index is 13.1. The van der Waals surface area contributed by atoms with Gasteiger partial charge in [0.15, 0.2) is 0 Å². The van der Waals surface area contributed by atoms with Gasteiger partial charge in [0.05, 0.1) is 10.2 Å². The summed E-state index contributed by atoms with van der Waals surface area (Å²) in [7, 11) is 0. The molecule has 1 heterocycles. The van der Waals surface area contributed by atoms with E-state index in [2.05, 4.69) is 10.3 Å². The van der Waals surface area contributed by atoms with Gasteiger partial charge >= 0.3 is 0 Å². The highest BCUT2D eigenvalue weighted by molar-refractivity contribution is 7.20. The predicted molar refractivity (Wildman–Crippen MR) is 80.4 cm³/mol. The fourth-order valence-corrected chi connectivity index (χ4v) is 2.69. The van der Waals surface area contributed by atoms with E-state index in [0.29, 0.717) is 22.1 Å². The van der Waals surface area contributed by atoms with Crippen molar-refractivity contribution in [1.29, 1.82) is 0 Å². The first kappa shape index (κ1) is 13.5. The van der Waals surface area contributed by atoms with Gasteiger partial charge in [0, 0.05) is 12.6 Å². The number of halogens is 1. The predicted octanol–water partition coefficient (Wildman–Crippen LogP) is 4.19. The van der Waals surface area contributed by atoms with Crippen molar-refractivity contribution in [3.8, 4) is 10.9 Å². The van der Waals surface area contributed by atoms with Crippen molar-refractivity contribution in [2.24, 2.45) is 0 Å². The van der Waals surface area contributed by atoms with Crippen LogP contribution in [-0.4, -0.2) is 10.9 Å². The van der Waals surface area contributed by atoms with E-state index in [4.69, 9.17) is 4.74 Å². The monoisotopic (exact) mass is 302 g/mol. The lowest BCUT2D eigenvalue weighted by Gasteiger charge is -2.04. The van der Waals surface area contributed by atoms with Crippen molar-refractivity contribution in [2.45, 2.75) is 6.92 Å². The number of thiazole rings is 1. The molecule has 21 heavy (non-hydrogen) atoms. The van der Waals surface area contributed by atoms with Gasteiger partial charge in [-0.05, 0) is 42.5 Å². The molecule has 0 atom stereocenters. The SMILES string of the molecule is CC(=O)Nc1ccc(Oc2nc3ccc(F)cc3s2)cc1. The number of nitrogens with zero attached hydrogens (tertiary/aromatic N) is 1. The Hall–Kier alpha value is -2.47. The quantitative estimate of drug-likeness (QED) is 0.789. The van der Waals surface area contributed by atoms with E-state index in [9.17, 15) is 9.18 Å². The Balaban J connectivity index is 1.79. The van der Waals surface area contributed by atoms with E-state index in [-0.39, 0.29) is 11.7 Å². The van der Waals surface area contributed by atoms with Crippen molar-refractivity contribution >= 4 is 33.1 Å². The molecule has 0 aliphatic carbocycles. The molecule has 106 valence electrons. The van der Waals surface area contributed by atoms with Crippen LogP contribution in [0.5, 0.6) is 10.9 Å². The first-order valence-electron chi connectivity index (χ1n) is 6.22. The molecule has 3 aromatic rings. The lowest BCUT2D eigenvalue weighted by Crippen LogP contribution is -2.05. The lowest BCUT2D eigenvalue weighted by atomic mass is 10.3. The van der Waals surface area contributed by atoms with Crippen LogP contribution in [-0.2, 0) is 4.79 Å². The Kier molecular flexibility index (Phi) is 3.53. The van der Waals surface area contributed by atoms with E-state index < -0.39 is 0 Å². The number of hydrogen-bond acceptors (Lipinski definition) is 4. The number of hydrogen-bond donors (Lipinski definition) is 1.